The zero-order chi connectivity index (χ0) is 23.0. The van der Waals surface area contributed by atoms with Crippen molar-refractivity contribution >= 4 is 21.8 Å². The van der Waals surface area contributed by atoms with E-state index in [0.717, 1.165) is 32.3 Å². The van der Waals surface area contributed by atoms with Gasteiger partial charge in [-0.1, -0.05) is 0 Å². The molecule has 1 saturated heterocycles. The fourth-order valence-corrected chi connectivity index (χ4v) is 5.22. The van der Waals surface area contributed by atoms with E-state index in [1.165, 1.54) is 19.2 Å². The van der Waals surface area contributed by atoms with Gasteiger partial charge in [0, 0.05) is 25.6 Å². The Morgan fingerprint density at radius 2 is 1.75 bits per heavy atom. The van der Waals surface area contributed by atoms with Crippen LogP contribution in [0.25, 0.3) is 0 Å². The van der Waals surface area contributed by atoms with Gasteiger partial charge >= 0.3 is 0 Å². The number of sulfonamides is 1. The average Bonchev–Trinajstić information content (AvgIpc) is 3.34. The van der Waals surface area contributed by atoms with Gasteiger partial charge in [-0.15, -0.1) is 0 Å². The van der Waals surface area contributed by atoms with Gasteiger partial charge in [-0.2, -0.15) is 0 Å². The van der Waals surface area contributed by atoms with Crippen LogP contribution in [-0.2, 0) is 24.3 Å². The normalized spacial score (nSPS) is 23.5. The highest BCUT2D eigenvalue weighted by Crippen LogP contribution is 2.29. The van der Waals surface area contributed by atoms with Crippen LogP contribution < -0.4 is 20.1 Å². The van der Waals surface area contributed by atoms with Crippen LogP contribution in [0.15, 0.2) is 29.2 Å². The quantitative estimate of drug-likeness (QED) is 0.475. The Balaban J connectivity index is 1.34. The number of carbonyl (C=O) groups is 2. The van der Waals surface area contributed by atoms with Gasteiger partial charge in [0.05, 0.1) is 24.7 Å². The largest absolute Gasteiger partial charge is 0.497 e. The summed E-state index contributed by atoms with van der Waals surface area (Å²) < 4.78 is 38.1. The molecule has 9 nitrogen and oxygen atoms in total. The van der Waals surface area contributed by atoms with E-state index >= 15 is 0 Å². The minimum absolute atomic E-state index is 0.0346. The molecule has 1 saturated carbocycles. The van der Waals surface area contributed by atoms with E-state index in [9.17, 15) is 18.0 Å². The molecule has 1 heterocycles. The zero-order valence-corrected chi connectivity index (χ0v) is 19.3. The summed E-state index contributed by atoms with van der Waals surface area (Å²) in [6.07, 6.45) is 4.92. The molecule has 1 aliphatic carbocycles. The topological polar surface area (TPSA) is 123 Å². The number of hydrogen-bond acceptors (Lipinski definition) is 6. The Kier molecular flexibility index (Phi) is 8.89. The van der Waals surface area contributed by atoms with Crippen LogP contribution >= 0.6 is 0 Å². The van der Waals surface area contributed by atoms with E-state index in [-0.39, 0.29) is 41.2 Å². The predicted octanol–water partition coefficient (Wildman–Crippen LogP) is 1.19. The van der Waals surface area contributed by atoms with E-state index in [2.05, 4.69) is 15.4 Å². The molecule has 32 heavy (non-hydrogen) atoms. The SMILES string of the molecule is COc1ccc(S(=O)(=O)NCC2CCC(C(=O)NCC(=O)NC[C@@H]3CCCO3)CC2)cc1. The van der Waals surface area contributed by atoms with Gasteiger partial charge < -0.3 is 20.1 Å². The fraction of sp³-hybridized carbons (Fsp3) is 0.636. The minimum atomic E-state index is -3.58. The number of ether oxygens (including phenoxy) is 2. The summed E-state index contributed by atoms with van der Waals surface area (Å²) in [5, 5.41) is 5.51. The number of benzene rings is 1. The molecule has 10 heteroatoms. The number of hydrogen-bond donors (Lipinski definition) is 3. The fourth-order valence-electron chi connectivity index (χ4n) is 4.10. The minimum Gasteiger partial charge on any atom is -0.497 e. The maximum absolute atomic E-state index is 12.5. The van der Waals surface area contributed by atoms with Gasteiger partial charge in [0.25, 0.3) is 0 Å². The lowest BCUT2D eigenvalue weighted by molar-refractivity contribution is -0.129. The highest BCUT2D eigenvalue weighted by Gasteiger charge is 2.27. The molecule has 2 amide bonds. The Labute approximate surface area is 189 Å². The molecule has 1 aromatic rings. The van der Waals surface area contributed by atoms with Crippen molar-refractivity contribution in [3.63, 3.8) is 0 Å². The molecule has 3 N–H and O–H groups in total. The van der Waals surface area contributed by atoms with Crippen LogP contribution in [0.4, 0.5) is 0 Å². The van der Waals surface area contributed by atoms with E-state index in [0.29, 0.717) is 31.7 Å². The van der Waals surface area contributed by atoms with Crippen LogP contribution in [0, 0.1) is 11.8 Å². The highest BCUT2D eigenvalue weighted by atomic mass is 32.2. The number of amides is 2. The molecular formula is C22H33N3O6S. The number of carbonyl (C=O) groups excluding carboxylic acids is 2. The maximum Gasteiger partial charge on any atom is 0.240 e. The smallest absolute Gasteiger partial charge is 0.240 e. The maximum atomic E-state index is 12.5. The molecule has 3 rings (SSSR count). The summed E-state index contributed by atoms with van der Waals surface area (Å²) in [5.41, 5.74) is 0. The van der Waals surface area contributed by atoms with Crippen molar-refractivity contribution in [2.24, 2.45) is 11.8 Å². The lowest BCUT2D eigenvalue weighted by Crippen LogP contribution is -2.42. The van der Waals surface area contributed by atoms with Gasteiger partial charge in [0.2, 0.25) is 21.8 Å². The van der Waals surface area contributed by atoms with Crippen LogP contribution in [-0.4, -0.2) is 59.7 Å². The van der Waals surface area contributed by atoms with Gasteiger partial charge in [-0.05, 0) is 68.7 Å². The molecule has 1 atom stereocenters. The molecule has 0 unspecified atom stereocenters. The summed E-state index contributed by atoms with van der Waals surface area (Å²) in [6, 6.07) is 6.25. The van der Waals surface area contributed by atoms with Gasteiger partial charge in [-0.3, -0.25) is 9.59 Å². The lowest BCUT2D eigenvalue weighted by Gasteiger charge is -2.27. The Morgan fingerprint density at radius 1 is 1.03 bits per heavy atom. The summed E-state index contributed by atoms with van der Waals surface area (Å²) in [5.74, 6) is 0.308. The Bertz CT molecular complexity index is 860. The zero-order valence-electron chi connectivity index (χ0n) is 18.5. The molecule has 0 radical (unpaired) electrons. The summed E-state index contributed by atoms with van der Waals surface area (Å²) in [4.78, 5) is 24.5. The molecule has 0 aromatic heterocycles. The van der Waals surface area contributed by atoms with Crippen LogP contribution in [0.2, 0.25) is 0 Å². The van der Waals surface area contributed by atoms with Crippen LogP contribution in [0.1, 0.15) is 38.5 Å². The first-order valence-corrected chi connectivity index (χ1v) is 12.7. The van der Waals surface area contributed by atoms with E-state index in [1.54, 1.807) is 12.1 Å². The van der Waals surface area contributed by atoms with Crippen molar-refractivity contribution in [1.29, 1.82) is 0 Å². The Hall–Kier alpha value is -2.17. The second-order valence-corrected chi connectivity index (χ2v) is 10.2. The van der Waals surface area contributed by atoms with Crippen molar-refractivity contribution in [1.82, 2.24) is 15.4 Å². The second-order valence-electron chi connectivity index (χ2n) is 8.40. The van der Waals surface area contributed by atoms with Crippen molar-refractivity contribution in [2.45, 2.75) is 49.5 Å². The molecule has 2 fully saturated rings. The molecule has 1 aromatic carbocycles. The molecule has 1 aliphatic heterocycles. The van der Waals surface area contributed by atoms with Crippen molar-refractivity contribution in [2.75, 3.05) is 33.4 Å². The molecule has 0 bridgehead atoms. The van der Waals surface area contributed by atoms with Crippen LogP contribution in [0.5, 0.6) is 5.75 Å². The third-order valence-electron chi connectivity index (χ3n) is 6.12. The molecule has 2 aliphatic rings. The third-order valence-corrected chi connectivity index (χ3v) is 7.56. The predicted molar refractivity (Wildman–Crippen MR) is 119 cm³/mol. The monoisotopic (exact) mass is 467 g/mol. The molecular weight excluding hydrogens is 434 g/mol. The first-order chi connectivity index (χ1) is 15.4. The number of nitrogens with one attached hydrogen (secondary N) is 3. The van der Waals surface area contributed by atoms with Gasteiger partial charge in [0.15, 0.2) is 0 Å². The molecule has 178 valence electrons. The third kappa shape index (κ3) is 7.18. The number of methoxy groups -OCH3 is 1. The first kappa shape index (κ1) is 24.5. The van der Waals surface area contributed by atoms with Crippen molar-refractivity contribution < 1.29 is 27.5 Å². The molecule has 0 spiro atoms. The highest BCUT2D eigenvalue weighted by molar-refractivity contribution is 7.89. The van der Waals surface area contributed by atoms with Crippen molar-refractivity contribution in [3.05, 3.63) is 24.3 Å². The van der Waals surface area contributed by atoms with Crippen molar-refractivity contribution in [3.8, 4) is 5.75 Å². The van der Waals surface area contributed by atoms with E-state index < -0.39 is 10.0 Å². The average molecular weight is 468 g/mol. The first-order valence-electron chi connectivity index (χ1n) is 11.2. The summed E-state index contributed by atoms with van der Waals surface area (Å²) in [7, 11) is -2.06. The van der Waals surface area contributed by atoms with Crippen LogP contribution in [0.3, 0.4) is 0 Å². The lowest BCUT2D eigenvalue weighted by atomic mass is 9.81. The Morgan fingerprint density at radius 3 is 2.38 bits per heavy atom. The second kappa shape index (κ2) is 11.6. The van der Waals surface area contributed by atoms with E-state index in [1.807, 2.05) is 0 Å². The number of rotatable bonds is 10. The van der Waals surface area contributed by atoms with Gasteiger partial charge in [0.1, 0.15) is 5.75 Å². The summed E-state index contributed by atoms with van der Waals surface area (Å²) in [6.45, 7) is 1.52. The van der Waals surface area contributed by atoms with Gasteiger partial charge in [-0.25, -0.2) is 13.1 Å². The van der Waals surface area contributed by atoms with E-state index in [4.69, 9.17) is 9.47 Å². The standard InChI is InChI=1S/C22H33N3O6S/c1-30-18-8-10-20(11-9-18)32(28,29)25-13-16-4-6-17(7-5-16)22(27)24-15-21(26)23-14-19-3-2-12-31-19/h8-11,16-17,19,25H,2-7,12-15H2,1H3,(H,23,26)(H,24,27)/t16?,17?,19-/m0/s1. The summed E-state index contributed by atoms with van der Waals surface area (Å²) >= 11 is 0.